The Labute approximate surface area is 87.4 Å². The van der Waals surface area contributed by atoms with E-state index in [1.807, 2.05) is 0 Å². The summed E-state index contributed by atoms with van der Waals surface area (Å²) < 4.78 is 0. The maximum absolute atomic E-state index is 4.06. The summed E-state index contributed by atoms with van der Waals surface area (Å²) in [5, 5.41) is 3.47. The highest BCUT2D eigenvalue weighted by molar-refractivity contribution is 5.00. The Bertz CT molecular complexity index is 206. The molecule has 0 bridgehead atoms. The molecule has 2 saturated heterocycles. The van der Waals surface area contributed by atoms with E-state index in [1.165, 1.54) is 57.6 Å². The molecule has 0 aromatic carbocycles. The molecular formula is C12H22N2. The highest BCUT2D eigenvalue weighted by atomic mass is 15.1. The van der Waals surface area contributed by atoms with E-state index in [4.69, 9.17) is 0 Å². The normalized spacial score (nSPS) is 35.1. The van der Waals surface area contributed by atoms with Gasteiger partial charge >= 0.3 is 0 Å². The van der Waals surface area contributed by atoms with E-state index in [0.717, 1.165) is 0 Å². The second kappa shape index (κ2) is 4.03. The Balaban J connectivity index is 1.82. The van der Waals surface area contributed by atoms with Gasteiger partial charge in [0.05, 0.1) is 0 Å². The van der Waals surface area contributed by atoms with E-state index in [-0.39, 0.29) is 0 Å². The van der Waals surface area contributed by atoms with Gasteiger partial charge in [0.25, 0.3) is 0 Å². The summed E-state index contributed by atoms with van der Waals surface area (Å²) in [6.07, 6.45) is 3.76. The molecule has 2 heterocycles. The molecular weight excluding hydrogens is 172 g/mol. The predicted octanol–water partition coefficient (Wildman–Crippen LogP) is 1.64. The van der Waals surface area contributed by atoms with Crippen molar-refractivity contribution >= 4 is 0 Å². The number of hydrogen-bond donors (Lipinski definition) is 1. The second-order valence-electron chi connectivity index (χ2n) is 5.26. The van der Waals surface area contributed by atoms with Gasteiger partial charge in [-0.1, -0.05) is 19.1 Å². The molecule has 0 amide bonds. The molecule has 2 nitrogen and oxygen atoms in total. The van der Waals surface area contributed by atoms with Crippen LogP contribution in [-0.2, 0) is 0 Å². The summed E-state index contributed by atoms with van der Waals surface area (Å²) in [6, 6.07) is 0. The van der Waals surface area contributed by atoms with E-state index in [0.29, 0.717) is 5.41 Å². The van der Waals surface area contributed by atoms with Crippen molar-refractivity contribution in [1.29, 1.82) is 0 Å². The number of nitrogens with zero attached hydrogens (tertiary/aromatic N) is 1. The number of nitrogens with one attached hydrogen (secondary N) is 1. The van der Waals surface area contributed by atoms with Crippen molar-refractivity contribution in [2.45, 2.75) is 26.2 Å². The molecule has 0 aromatic rings. The van der Waals surface area contributed by atoms with Crippen molar-refractivity contribution in [3.8, 4) is 0 Å². The van der Waals surface area contributed by atoms with E-state index in [2.05, 4.69) is 23.7 Å². The van der Waals surface area contributed by atoms with Crippen molar-refractivity contribution in [2.75, 3.05) is 32.7 Å². The highest BCUT2D eigenvalue weighted by Gasteiger charge is 2.31. The Kier molecular flexibility index (Phi) is 2.93. The van der Waals surface area contributed by atoms with Crippen molar-refractivity contribution in [2.24, 2.45) is 5.41 Å². The SMILES string of the molecule is C=C1CCN(CC2(C)CCNC2)CC1. The maximum Gasteiger partial charge on any atom is 0.00482 e. The fourth-order valence-electron chi connectivity index (χ4n) is 2.57. The Morgan fingerprint density at radius 3 is 2.71 bits per heavy atom. The first-order valence-corrected chi connectivity index (χ1v) is 5.78. The first-order valence-electron chi connectivity index (χ1n) is 5.78. The fraction of sp³-hybridized carbons (Fsp3) is 0.833. The van der Waals surface area contributed by atoms with Gasteiger partial charge in [0.1, 0.15) is 0 Å². The van der Waals surface area contributed by atoms with Crippen LogP contribution in [0.2, 0.25) is 0 Å². The lowest BCUT2D eigenvalue weighted by molar-refractivity contribution is 0.168. The zero-order valence-corrected chi connectivity index (χ0v) is 9.31. The molecule has 0 spiro atoms. The van der Waals surface area contributed by atoms with Gasteiger partial charge in [-0.25, -0.2) is 0 Å². The van der Waals surface area contributed by atoms with Crippen molar-refractivity contribution < 1.29 is 0 Å². The average molecular weight is 194 g/mol. The predicted molar refractivity (Wildman–Crippen MR) is 60.4 cm³/mol. The largest absolute Gasteiger partial charge is 0.316 e. The standard InChI is InChI=1S/C12H22N2/c1-11-3-7-14(8-4-11)10-12(2)5-6-13-9-12/h13H,1,3-10H2,2H3. The number of likely N-dealkylation sites (tertiary alicyclic amines) is 1. The summed E-state index contributed by atoms with van der Waals surface area (Å²) in [6.45, 7) is 12.6. The van der Waals surface area contributed by atoms with Gasteiger partial charge < -0.3 is 10.2 Å². The second-order valence-corrected chi connectivity index (χ2v) is 5.26. The Hall–Kier alpha value is -0.340. The third-order valence-corrected chi connectivity index (χ3v) is 3.63. The van der Waals surface area contributed by atoms with Crippen molar-refractivity contribution in [1.82, 2.24) is 10.2 Å². The molecule has 0 aromatic heterocycles. The molecule has 2 heteroatoms. The minimum atomic E-state index is 0.526. The topological polar surface area (TPSA) is 15.3 Å². The van der Waals surface area contributed by atoms with Gasteiger partial charge in [0, 0.05) is 26.2 Å². The average Bonchev–Trinajstić information content (AvgIpc) is 2.57. The van der Waals surface area contributed by atoms with Crippen LogP contribution in [-0.4, -0.2) is 37.6 Å². The fourth-order valence-corrected chi connectivity index (χ4v) is 2.57. The smallest absolute Gasteiger partial charge is 0.00482 e. The van der Waals surface area contributed by atoms with Gasteiger partial charge in [-0.15, -0.1) is 0 Å². The van der Waals surface area contributed by atoms with Crippen LogP contribution in [0.3, 0.4) is 0 Å². The van der Waals surface area contributed by atoms with Gasteiger partial charge in [-0.3, -0.25) is 0 Å². The van der Waals surface area contributed by atoms with Crippen LogP contribution in [0.5, 0.6) is 0 Å². The van der Waals surface area contributed by atoms with Crippen LogP contribution in [0.4, 0.5) is 0 Å². The van der Waals surface area contributed by atoms with Crippen molar-refractivity contribution in [3.63, 3.8) is 0 Å². The number of rotatable bonds is 2. The van der Waals surface area contributed by atoms with Crippen LogP contribution >= 0.6 is 0 Å². The molecule has 2 aliphatic rings. The van der Waals surface area contributed by atoms with Gasteiger partial charge in [-0.2, -0.15) is 0 Å². The molecule has 1 N–H and O–H groups in total. The third-order valence-electron chi connectivity index (χ3n) is 3.63. The van der Waals surface area contributed by atoms with E-state index < -0.39 is 0 Å². The van der Waals surface area contributed by atoms with Crippen LogP contribution in [0.25, 0.3) is 0 Å². The molecule has 1 unspecified atom stereocenters. The molecule has 1 atom stereocenters. The van der Waals surface area contributed by atoms with Gasteiger partial charge in [0.2, 0.25) is 0 Å². The molecule has 14 heavy (non-hydrogen) atoms. The summed E-state index contributed by atoms with van der Waals surface area (Å²) in [4.78, 5) is 2.61. The van der Waals surface area contributed by atoms with Gasteiger partial charge in [-0.05, 0) is 31.2 Å². The molecule has 0 saturated carbocycles. The lowest BCUT2D eigenvalue weighted by atomic mass is 9.88. The number of piperidine rings is 1. The molecule has 80 valence electrons. The molecule has 0 aliphatic carbocycles. The molecule has 2 rings (SSSR count). The zero-order chi connectivity index (χ0) is 10.0. The van der Waals surface area contributed by atoms with Crippen LogP contribution in [0, 0.1) is 5.41 Å². The van der Waals surface area contributed by atoms with E-state index >= 15 is 0 Å². The van der Waals surface area contributed by atoms with E-state index in [9.17, 15) is 0 Å². The number of hydrogen-bond acceptors (Lipinski definition) is 2. The zero-order valence-electron chi connectivity index (χ0n) is 9.31. The molecule has 0 radical (unpaired) electrons. The lowest BCUT2D eigenvalue weighted by Crippen LogP contribution is -2.40. The minimum absolute atomic E-state index is 0.526. The summed E-state index contributed by atoms with van der Waals surface area (Å²) in [5.74, 6) is 0. The summed E-state index contributed by atoms with van der Waals surface area (Å²) in [5.41, 5.74) is 1.97. The quantitative estimate of drug-likeness (QED) is 0.672. The van der Waals surface area contributed by atoms with E-state index in [1.54, 1.807) is 0 Å². The monoisotopic (exact) mass is 194 g/mol. The Morgan fingerprint density at radius 2 is 2.14 bits per heavy atom. The lowest BCUT2D eigenvalue weighted by Gasteiger charge is -2.34. The highest BCUT2D eigenvalue weighted by Crippen LogP contribution is 2.27. The molecule has 2 fully saturated rings. The van der Waals surface area contributed by atoms with Crippen LogP contribution < -0.4 is 5.32 Å². The minimum Gasteiger partial charge on any atom is -0.316 e. The van der Waals surface area contributed by atoms with Crippen LogP contribution in [0.15, 0.2) is 12.2 Å². The third kappa shape index (κ3) is 2.37. The molecule has 2 aliphatic heterocycles. The maximum atomic E-state index is 4.06. The van der Waals surface area contributed by atoms with Crippen molar-refractivity contribution in [3.05, 3.63) is 12.2 Å². The van der Waals surface area contributed by atoms with Gasteiger partial charge in [0.15, 0.2) is 0 Å². The summed E-state index contributed by atoms with van der Waals surface area (Å²) in [7, 11) is 0. The Morgan fingerprint density at radius 1 is 1.43 bits per heavy atom. The first-order chi connectivity index (χ1) is 6.68. The summed E-state index contributed by atoms with van der Waals surface area (Å²) >= 11 is 0. The first kappa shape index (κ1) is 10.2. The van der Waals surface area contributed by atoms with Crippen LogP contribution in [0.1, 0.15) is 26.2 Å².